The van der Waals surface area contributed by atoms with Crippen molar-refractivity contribution in [2.24, 2.45) is 4.36 Å². The van der Waals surface area contributed by atoms with Gasteiger partial charge < -0.3 is 0 Å². The van der Waals surface area contributed by atoms with Crippen LogP contribution in [0, 0.1) is 11.5 Å². The molecule has 1 atom stereocenters. The van der Waals surface area contributed by atoms with E-state index < -0.39 is 9.73 Å². The maximum atomic E-state index is 11.6. The van der Waals surface area contributed by atoms with E-state index in [0.29, 0.717) is 5.03 Å². The lowest BCUT2D eigenvalue weighted by Crippen LogP contribution is -1.99. The summed E-state index contributed by atoms with van der Waals surface area (Å²) in [5.41, 5.74) is 0. The number of nitrogens with zero attached hydrogens (tertiary/aromatic N) is 3. The van der Waals surface area contributed by atoms with Gasteiger partial charge in [0.1, 0.15) is 14.8 Å². The largest absolute Gasteiger partial charge is 0.245 e. The van der Waals surface area contributed by atoms with Crippen LogP contribution in [0.5, 0.6) is 0 Å². The molecule has 1 rings (SSSR count). The highest BCUT2D eigenvalue weighted by Crippen LogP contribution is 2.12. The second kappa shape index (κ2) is 3.85. The van der Waals surface area contributed by atoms with Crippen molar-refractivity contribution >= 4 is 25.7 Å². The molecule has 1 aromatic heterocycles. The number of halogens is 1. The van der Waals surface area contributed by atoms with Gasteiger partial charge in [-0.1, -0.05) is 0 Å². The normalized spacial score (nSPS) is 14.2. The van der Waals surface area contributed by atoms with Crippen molar-refractivity contribution in [3.8, 4) is 6.19 Å². The molecule has 0 saturated carbocycles. The van der Waals surface area contributed by atoms with Crippen LogP contribution in [0.15, 0.2) is 32.2 Å². The molecule has 0 aliphatic carbocycles. The second-order valence-electron chi connectivity index (χ2n) is 2.31. The van der Waals surface area contributed by atoms with Crippen molar-refractivity contribution in [3.05, 3.63) is 22.8 Å². The average Bonchev–Trinajstić information content (AvgIpc) is 2.05. The van der Waals surface area contributed by atoms with Crippen molar-refractivity contribution in [2.75, 3.05) is 6.26 Å². The predicted molar refractivity (Wildman–Crippen MR) is 52.3 cm³/mol. The van der Waals surface area contributed by atoms with E-state index in [1.165, 1.54) is 18.6 Å². The molecule has 6 heteroatoms. The Morgan fingerprint density at radius 3 is 2.85 bits per heavy atom. The number of pyridine rings is 1. The summed E-state index contributed by atoms with van der Waals surface area (Å²) in [5, 5.41) is 8.60. The van der Waals surface area contributed by atoms with Crippen molar-refractivity contribution in [2.45, 2.75) is 5.03 Å². The average molecular weight is 260 g/mol. The van der Waals surface area contributed by atoms with Crippen molar-refractivity contribution in [3.63, 3.8) is 0 Å². The first-order chi connectivity index (χ1) is 6.06. The topological polar surface area (TPSA) is 66.1 Å². The van der Waals surface area contributed by atoms with Gasteiger partial charge >= 0.3 is 0 Å². The molecule has 0 aliphatic rings. The summed E-state index contributed by atoms with van der Waals surface area (Å²) in [5.74, 6) is 0. The fourth-order valence-corrected chi connectivity index (χ4v) is 1.76. The van der Waals surface area contributed by atoms with Crippen LogP contribution in [0.25, 0.3) is 0 Å². The third-order valence-electron chi connectivity index (χ3n) is 1.30. The Labute approximate surface area is 84.9 Å². The van der Waals surface area contributed by atoms with Gasteiger partial charge in [-0.15, -0.1) is 4.36 Å². The van der Waals surface area contributed by atoms with Gasteiger partial charge in [-0.2, -0.15) is 5.26 Å². The molecule has 13 heavy (non-hydrogen) atoms. The van der Waals surface area contributed by atoms with Crippen LogP contribution in [0.2, 0.25) is 0 Å². The van der Waals surface area contributed by atoms with E-state index in [1.807, 2.05) is 0 Å². The molecule has 1 heterocycles. The molecule has 0 bridgehead atoms. The molecule has 0 saturated heterocycles. The SMILES string of the molecule is CS(=O)(=NC#N)c1ccc(Br)cn1. The van der Waals surface area contributed by atoms with Crippen LogP contribution in [0.1, 0.15) is 0 Å². The van der Waals surface area contributed by atoms with E-state index >= 15 is 0 Å². The van der Waals surface area contributed by atoms with Gasteiger partial charge in [-0.05, 0) is 28.1 Å². The van der Waals surface area contributed by atoms with Gasteiger partial charge in [-0.25, -0.2) is 9.19 Å². The first-order valence-electron chi connectivity index (χ1n) is 3.28. The van der Waals surface area contributed by atoms with Gasteiger partial charge in [0.25, 0.3) is 0 Å². The molecule has 0 aliphatic heterocycles. The Bertz CT molecular complexity index is 454. The smallest absolute Gasteiger partial charge is 0.215 e. The van der Waals surface area contributed by atoms with E-state index in [4.69, 9.17) is 5.26 Å². The Hall–Kier alpha value is -0.930. The van der Waals surface area contributed by atoms with Crippen LogP contribution in [0.4, 0.5) is 0 Å². The van der Waals surface area contributed by atoms with Gasteiger partial charge in [0, 0.05) is 16.9 Å². The summed E-state index contributed by atoms with van der Waals surface area (Å²) in [6.07, 6.45) is 4.42. The first-order valence-corrected chi connectivity index (χ1v) is 6.00. The number of aromatic nitrogens is 1. The van der Waals surface area contributed by atoms with E-state index in [1.54, 1.807) is 12.1 Å². The minimum absolute atomic E-state index is 0.317. The lowest BCUT2D eigenvalue weighted by atomic mass is 10.5. The van der Waals surface area contributed by atoms with E-state index in [9.17, 15) is 4.21 Å². The minimum Gasteiger partial charge on any atom is -0.245 e. The third kappa shape index (κ3) is 2.50. The van der Waals surface area contributed by atoms with Gasteiger partial charge in [0.15, 0.2) is 0 Å². The molecular weight excluding hydrogens is 254 g/mol. The van der Waals surface area contributed by atoms with Crippen LogP contribution < -0.4 is 0 Å². The number of hydrogen-bond acceptors (Lipinski definition) is 4. The zero-order valence-electron chi connectivity index (χ0n) is 6.77. The van der Waals surface area contributed by atoms with Crippen LogP contribution in [-0.2, 0) is 9.73 Å². The standard InChI is InChI=1S/C7H6BrN3OS/c1-13(12,11-5-9)7-3-2-6(8)4-10-7/h2-4H,1H3. The molecule has 0 amide bonds. The second-order valence-corrected chi connectivity index (χ2v) is 5.43. The monoisotopic (exact) mass is 259 g/mol. The molecular formula is C7H6BrN3OS. The van der Waals surface area contributed by atoms with Gasteiger partial charge in [-0.3, -0.25) is 0 Å². The molecule has 0 fully saturated rings. The zero-order valence-corrected chi connectivity index (χ0v) is 9.17. The number of hydrogen-bond donors (Lipinski definition) is 0. The fraction of sp³-hybridized carbons (Fsp3) is 0.143. The Balaban J connectivity index is 3.27. The maximum Gasteiger partial charge on any atom is 0.215 e. The molecule has 1 aromatic rings. The Morgan fingerprint density at radius 2 is 2.38 bits per heavy atom. The fourth-order valence-electron chi connectivity index (χ4n) is 0.711. The van der Waals surface area contributed by atoms with Crippen LogP contribution >= 0.6 is 15.9 Å². The molecule has 0 N–H and O–H groups in total. The molecule has 0 aromatic carbocycles. The summed E-state index contributed by atoms with van der Waals surface area (Å²) in [6, 6.07) is 3.28. The Morgan fingerprint density at radius 1 is 1.69 bits per heavy atom. The highest BCUT2D eigenvalue weighted by Gasteiger charge is 2.06. The molecule has 0 radical (unpaired) electrons. The van der Waals surface area contributed by atoms with Crippen molar-refractivity contribution < 1.29 is 4.21 Å². The molecule has 1 unspecified atom stereocenters. The number of rotatable bonds is 1. The summed E-state index contributed by atoms with van der Waals surface area (Å²) in [4.78, 5) is 3.90. The van der Waals surface area contributed by atoms with Crippen LogP contribution in [0.3, 0.4) is 0 Å². The maximum absolute atomic E-state index is 11.6. The minimum atomic E-state index is -2.65. The third-order valence-corrected chi connectivity index (χ3v) is 3.22. The lowest BCUT2D eigenvalue weighted by molar-refractivity contribution is 0.678. The molecule has 0 spiro atoms. The van der Waals surface area contributed by atoms with Gasteiger partial charge in [0.05, 0.1) is 0 Å². The Kier molecular flexibility index (Phi) is 3.01. The summed E-state index contributed by atoms with van der Waals surface area (Å²) < 4.78 is 15.7. The van der Waals surface area contributed by atoms with Crippen molar-refractivity contribution in [1.82, 2.24) is 4.98 Å². The summed E-state index contributed by atoms with van der Waals surface area (Å²) >= 11 is 3.20. The highest BCUT2D eigenvalue weighted by atomic mass is 79.9. The van der Waals surface area contributed by atoms with Crippen molar-refractivity contribution in [1.29, 1.82) is 5.26 Å². The van der Waals surface area contributed by atoms with Crippen LogP contribution in [-0.4, -0.2) is 15.4 Å². The van der Waals surface area contributed by atoms with Gasteiger partial charge in [0.2, 0.25) is 6.19 Å². The summed E-state index contributed by atoms with van der Waals surface area (Å²) in [6.45, 7) is 0. The van der Waals surface area contributed by atoms with E-state index in [2.05, 4.69) is 25.3 Å². The number of nitriles is 1. The van der Waals surface area contributed by atoms with E-state index in [-0.39, 0.29) is 0 Å². The quantitative estimate of drug-likeness (QED) is 0.723. The first kappa shape index (κ1) is 10.2. The lowest BCUT2D eigenvalue weighted by Gasteiger charge is -1.99. The predicted octanol–water partition coefficient (Wildman–Crippen LogP) is 1.78. The molecule has 68 valence electrons. The molecule has 4 nitrogen and oxygen atoms in total. The zero-order chi connectivity index (χ0) is 9.90. The highest BCUT2D eigenvalue weighted by molar-refractivity contribution is 9.10. The van der Waals surface area contributed by atoms with E-state index in [0.717, 1.165) is 4.47 Å². The summed E-state index contributed by atoms with van der Waals surface area (Å²) in [7, 11) is -2.65.